The van der Waals surface area contributed by atoms with Gasteiger partial charge in [0.05, 0.1) is 11.3 Å². The number of amides is 1. The van der Waals surface area contributed by atoms with Crippen molar-refractivity contribution >= 4 is 5.91 Å². The van der Waals surface area contributed by atoms with E-state index < -0.39 is 0 Å². The molecule has 4 rings (SSSR count). The molecule has 0 atom stereocenters. The molecule has 6 heteroatoms. The van der Waals surface area contributed by atoms with Crippen LogP contribution in [0.5, 0.6) is 0 Å². The number of para-hydroxylation sites is 1. The number of pyridine rings is 2. The largest absolute Gasteiger partial charge is 0.348 e. The molecule has 0 unspecified atom stereocenters. The van der Waals surface area contributed by atoms with Crippen molar-refractivity contribution in [2.45, 2.75) is 6.54 Å². The molecule has 0 spiro atoms. The summed E-state index contributed by atoms with van der Waals surface area (Å²) in [6.07, 6.45) is 8.57. The Hall–Kier alpha value is -3.80. The first-order valence-electron chi connectivity index (χ1n) is 8.54. The van der Waals surface area contributed by atoms with Crippen LogP contribution in [0.1, 0.15) is 15.9 Å². The van der Waals surface area contributed by atoms with E-state index in [9.17, 15) is 4.79 Å². The van der Waals surface area contributed by atoms with E-state index >= 15 is 0 Å². The molecule has 1 amide bonds. The van der Waals surface area contributed by atoms with Crippen molar-refractivity contribution in [3.8, 4) is 16.9 Å². The van der Waals surface area contributed by atoms with Crippen LogP contribution >= 0.6 is 0 Å². The Balaban J connectivity index is 1.67. The highest BCUT2D eigenvalue weighted by molar-refractivity contribution is 5.99. The van der Waals surface area contributed by atoms with Crippen molar-refractivity contribution in [2.75, 3.05) is 0 Å². The summed E-state index contributed by atoms with van der Waals surface area (Å²) < 4.78 is 1.72. The highest BCUT2D eigenvalue weighted by Crippen LogP contribution is 2.23. The van der Waals surface area contributed by atoms with Gasteiger partial charge in [-0.2, -0.15) is 5.10 Å². The Labute approximate surface area is 156 Å². The lowest BCUT2D eigenvalue weighted by molar-refractivity contribution is 0.0951. The van der Waals surface area contributed by atoms with Gasteiger partial charge in [-0.3, -0.25) is 14.8 Å². The van der Waals surface area contributed by atoms with E-state index in [1.165, 1.54) is 0 Å². The summed E-state index contributed by atoms with van der Waals surface area (Å²) in [5.41, 5.74) is 3.79. The van der Waals surface area contributed by atoms with Crippen molar-refractivity contribution in [3.05, 3.63) is 96.7 Å². The SMILES string of the molecule is O=C(NCc1cccnc1)c1cn(-c2ccccc2)nc1-c1ccncc1. The molecule has 0 saturated heterocycles. The summed E-state index contributed by atoms with van der Waals surface area (Å²) in [7, 11) is 0. The van der Waals surface area contributed by atoms with Gasteiger partial charge in [0, 0.05) is 43.1 Å². The van der Waals surface area contributed by atoms with Gasteiger partial charge in [-0.15, -0.1) is 0 Å². The maximum atomic E-state index is 12.9. The third-order valence-electron chi connectivity index (χ3n) is 4.11. The Kier molecular flexibility index (Phi) is 4.70. The van der Waals surface area contributed by atoms with Crippen LogP contribution in [0, 0.1) is 0 Å². The average molecular weight is 355 g/mol. The molecule has 0 saturated carbocycles. The summed E-state index contributed by atoms with van der Waals surface area (Å²) in [4.78, 5) is 21.0. The molecule has 3 heterocycles. The smallest absolute Gasteiger partial charge is 0.255 e. The van der Waals surface area contributed by atoms with E-state index in [4.69, 9.17) is 0 Å². The van der Waals surface area contributed by atoms with E-state index in [1.807, 2.05) is 54.6 Å². The third-order valence-corrected chi connectivity index (χ3v) is 4.11. The molecular weight excluding hydrogens is 338 g/mol. The van der Waals surface area contributed by atoms with Crippen LogP contribution in [0.2, 0.25) is 0 Å². The molecule has 132 valence electrons. The second-order valence-corrected chi connectivity index (χ2v) is 5.95. The molecule has 1 N–H and O–H groups in total. The number of rotatable bonds is 5. The van der Waals surface area contributed by atoms with Crippen molar-refractivity contribution in [2.24, 2.45) is 0 Å². The maximum Gasteiger partial charge on any atom is 0.255 e. The molecule has 0 aliphatic rings. The number of nitrogens with one attached hydrogen (secondary N) is 1. The van der Waals surface area contributed by atoms with Gasteiger partial charge in [-0.25, -0.2) is 4.68 Å². The monoisotopic (exact) mass is 355 g/mol. The fourth-order valence-corrected chi connectivity index (χ4v) is 2.76. The maximum absolute atomic E-state index is 12.9. The van der Waals surface area contributed by atoms with Crippen LogP contribution < -0.4 is 5.32 Å². The van der Waals surface area contributed by atoms with Crippen LogP contribution in [-0.2, 0) is 6.54 Å². The van der Waals surface area contributed by atoms with Crippen LogP contribution in [0.15, 0.2) is 85.6 Å². The Morgan fingerprint density at radius 3 is 2.48 bits per heavy atom. The summed E-state index contributed by atoms with van der Waals surface area (Å²) in [6, 6.07) is 17.2. The van der Waals surface area contributed by atoms with Crippen molar-refractivity contribution in [1.29, 1.82) is 0 Å². The fraction of sp³-hybridized carbons (Fsp3) is 0.0476. The Bertz CT molecular complexity index is 1030. The molecule has 0 aliphatic carbocycles. The zero-order valence-corrected chi connectivity index (χ0v) is 14.5. The predicted octanol–water partition coefficient (Wildman–Crippen LogP) is 3.26. The van der Waals surface area contributed by atoms with E-state index in [-0.39, 0.29) is 5.91 Å². The summed E-state index contributed by atoms with van der Waals surface area (Å²) >= 11 is 0. The first kappa shape index (κ1) is 16.7. The predicted molar refractivity (Wildman–Crippen MR) is 102 cm³/mol. The molecule has 3 aromatic heterocycles. The van der Waals surface area contributed by atoms with Gasteiger partial charge in [0.15, 0.2) is 0 Å². The van der Waals surface area contributed by atoms with Crippen LogP contribution in [0.3, 0.4) is 0 Å². The third kappa shape index (κ3) is 3.74. The van der Waals surface area contributed by atoms with Gasteiger partial charge in [0.1, 0.15) is 5.69 Å². The van der Waals surface area contributed by atoms with Gasteiger partial charge >= 0.3 is 0 Å². The number of carbonyl (C=O) groups is 1. The number of hydrogen-bond acceptors (Lipinski definition) is 4. The molecule has 0 bridgehead atoms. The quantitative estimate of drug-likeness (QED) is 0.596. The first-order chi connectivity index (χ1) is 13.3. The normalized spacial score (nSPS) is 10.5. The Morgan fingerprint density at radius 1 is 0.926 bits per heavy atom. The van der Waals surface area contributed by atoms with E-state index in [0.717, 1.165) is 16.8 Å². The zero-order valence-electron chi connectivity index (χ0n) is 14.5. The molecule has 27 heavy (non-hydrogen) atoms. The van der Waals surface area contributed by atoms with E-state index in [1.54, 1.807) is 35.7 Å². The van der Waals surface area contributed by atoms with Gasteiger partial charge < -0.3 is 5.32 Å². The van der Waals surface area contributed by atoms with Crippen molar-refractivity contribution in [3.63, 3.8) is 0 Å². The topological polar surface area (TPSA) is 72.7 Å². The molecular formula is C21H17N5O. The van der Waals surface area contributed by atoms with Gasteiger partial charge in [-0.1, -0.05) is 24.3 Å². The highest BCUT2D eigenvalue weighted by atomic mass is 16.1. The summed E-state index contributed by atoms with van der Waals surface area (Å²) in [6.45, 7) is 0.402. The minimum absolute atomic E-state index is 0.187. The number of aromatic nitrogens is 4. The van der Waals surface area contributed by atoms with E-state index in [0.29, 0.717) is 17.8 Å². The van der Waals surface area contributed by atoms with Crippen LogP contribution in [0.4, 0.5) is 0 Å². The number of hydrogen-bond donors (Lipinski definition) is 1. The van der Waals surface area contributed by atoms with Crippen molar-refractivity contribution in [1.82, 2.24) is 25.1 Å². The van der Waals surface area contributed by atoms with Crippen LogP contribution in [-0.4, -0.2) is 25.7 Å². The number of carbonyl (C=O) groups excluding carboxylic acids is 1. The molecule has 0 aliphatic heterocycles. The van der Waals surface area contributed by atoms with Gasteiger partial charge in [0.2, 0.25) is 0 Å². The minimum atomic E-state index is -0.187. The highest BCUT2D eigenvalue weighted by Gasteiger charge is 2.18. The van der Waals surface area contributed by atoms with Crippen LogP contribution in [0.25, 0.3) is 16.9 Å². The molecule has 1 aromatic carbocycles. The summed E-state index contributed by atoms with van der Waals surface area (Å²) in [5, 5.41) is 7.58. The van der Waals surface area contributed by atoms with E-state index in [2.05, 4.69) is 20.4 Å². The lowest BCUT2D eigenvalue weighted by atomic mass is 10.1. The standard InChI is InChI=1S/C21H17N5O/c27-21(24-14-16-5-4-10-23-13-16)19-15-26(18-6-2-1-3-7-18)25-20(19)17-8-11-22-12-9-17/h1-13,15H,14H2,(H,24,27). The fourth-order valence-electron chi connectivity index (χ4n) is 2.76. The van der Waals surface area contributed by atoms with Gasteiger partial charge in [-0.05, 0) is 35.9 Å². The van der Waals surface area contributed by atoms with Crippen molar-refractivity contribution < 1.29 is 4.79 Å². The second-order valence-electron chi connectivity index (χ2n) is 5.95. The first-order valence-corrected chi connectivity index (χ1v) is 8.54. The molecule has 0 radical (unpaired) electrons. The lowest BCUT2D eigenvalue weighted by Crippen LogP contribution is -2.23. The number of nitrogens with zero attached hydrogens (tertiary/aromatic N) is 4. The zero-order chi connectivity index (χ0) is 18.5. The second kappa shape index (κ2) is 7.61. The Morgan fingerprint density at radius 2 is 1.74 bits per heavy atom. The average Bonchev–Trinajstić information content (AvgIpc) is 3.20. The molecule has 0 fully saturated rings. The molecule has 6 nitrogen and oxygen atoms in total. The number of benzene rings is 1. The minimum Gasteiger partial charge on any atom is -0.348 e. The molecule has 4 aromatic rings. The lowest BCUT2D eigenvalue weighted by Gasteiger charge is -2.05. The summed E-state index contributed by atoms with van der Waals surface area (Å²) in [5.74, 6) is -0.187. The van der Waals surface area contributed by atoms with Gasteiger partial charge in [0.25, 0.3) is 5.91 Å².